The standard InChI is InChI=1S/C19H24N2O3S/c1-13(19(23)20-14-7-3-2-4-8-14)24-18(22)12-11-17-21-15-9-5-6-10-16(15)25-17/h5-6,9-10,13-14H,2-4,7-8,11-12H2,1H3,(H,20,23). The number of nitrogens with zero attached hydrogens (tertiary/aromatic N) is 1. The van der Waals surface area contributed by atoms with E-state index in [1.165, 1.54) is 6.42 Å². The van der Waals surface area contributed by atoms with Crippen molar-refractivity contribution in [3.8, 4) is 0 Å². The number of carbonyl (C=O) groups is 2. The van der Waals surface area contributed by atoms with Crippen molar-refractivity contribution in [2.75, 3.05) is 0 Å². The molecule has 1 aromatic heterocycles. The smallest absolute Gasteiger partial charge is 0.306 e. The fourth-order valence-corrected chi connectivity index (χ4v) is 4.08. The van der Waals surface area contributed by atoms with E-state index in [9.17, 15) is 9.59 Å². The van der Waals surface area contributed by atoms with Gasteiger partial charge in [0.05, 0.1) is 21.6 Å². The number of esters is 1. The van der Waals surface area contributed by atoms with Crippen LogP contribution < -0.4 is 5.32 Å². The van der Waals surface area contributed by atoms with E-state index in [0.29, 0.717) is 6.42 Å². The molecule has 1 fully saturated rings. The van der Waals surface area contributed by atoms with Crippen molar-refractivity contribution in [3.63, 3.8) is 0 Å². The molecule has 25 heavy (non-hydrogen) atoms. The summed E-state index contributed by atoms with van der Waals surface area (Å²) in [5.74, 6) is -0.550. The summed E-state index contributed by atoms with van der Waals surface area (Å²) >= 11 is 1.59. The van der Waals surface area contributed by atoms with E-state index in [-0.39, 0.29) is 24.3 Å². The highest BCUT2D eigenvalue weighted by molar-refractivity contribution is 7.18. The molecule has 2 aromatic rings. The third-order valence-electron chi connectivity index (χ3n) is 4.51. The van der Waals surface area contributed by atoms with Crippen LogP contribution in [0.3, 0.4) is 0 Å². The van der Waals surface area contributed by atoms with Crippen molar-refractivity contribution in [1.82, 2.24) is 10.3 Å². The molecule has 1 unspecified atom stereocenters. The van der Waals surface area contributed by atoms with Gasteiger partial charge in [0.25, 0.3) is 5.91 Å². The fourth-order valence-electron chi connectivity index (χ4n) is 3.11. The Bertz CT molecular complexity index is 704. The third kappa shape index (κ3) is 5.01. The number of para-hydroxylation sites is 1. The van der Waals surface area contributed by atoms with Crippen LogP contribution in [-0.2, 0) is 20.7 Å². The second kappa shape index (κ2) is 8.43. The third-order valence-corrected chi connectivity index (χ3v) is 5.61. The van der Waals surface area contributed by atoms with E-state index in [1.807, 2.05) is 24.3 Å². The summed E-state index contributed by atoms with van der Waals surface area (Å²) < 4.78 is 6.39. The number of benzene rings is 1. The number of thiazole rings is 1. The molecule has 0 bridgehead atoms. The SMILES string of the molecule is CC(OC(=O)CCc1nc2ccccc2s1)C(=O)NC1CCCCC1. The molecule has 0 saturated heterocycles. The minimum Gasteiger partial charge on any atom is -0.453 e. The number of ether oxygens (including phenoxy) is 1. The first-order valence-electron chi connectivity index (χ1n) is 8.96. The van der Waals surface area contributed by atoms with Gasteiger partial charge in [-0.2, -0.15) is 0 Å². The van der Waals surface area contributed by atoms with Gasteiger partial charge in [0.2, 0.25) is 0 Å². The Hall–Kier alpha value is -1.95. The first kappa shape index (κ1) is 17.9. The second-order valence-electron chi connectivity index (χ2n) is 6.55. The molecule has 0 aliphatic heterocycles. The van der Waals surface area contributed by atoms with Crippen LogP contribution in [-0.4, -0.2) is 29.0 Å². The Morgan fingerprint density at radius 1 is 1.28 bits per heavy atom. The molecule has 1 aliphatic carbocycles. The lowest BCUT2D eigenvalue weighted by Crippen LogP contribution is -2.42. The van der Waals surface area contributed by atoms with E-state index in [1.54, 1.807) is 18.3 Å². The molecule has 0 radical (unpaired) electrons. The normalized spacial score (nSPS) is 16.5. The van der Waals surface area contributed by atoms with Crippen molar-refractivity contribution >= 4 is 33.4 Å². The minimum atomic E-state index is -0.746. The number of amides is 1. The molecule has 1 amide bonds. The highest BCUT2D eigenvalue weighted by Gasteiger charge is 2.22. The maximum absolute atomic E-state index is 12.1. The number of aromatic nitrogens is 1. The van der Waals surface area contributed by atoms with Gasteiger partial charge in [-0.1, -0.05) is 31.4 Å². The molecule has 1 N–H and O–H groups in total. The fraction of sp³-hybridized carbons (Fsp3) is 0.526. The van der Waals surface area contributed by atoms with Crippen molar-refractivity contribution in [3.05, 3.63) is 29.3 Å². The topological polar surface area (TPSA) is 68.3 Å². The van der Waals surface area contributed by atoms with E-state index in [4.69, 9.17) is 4.74 Å². The Balaban J connectivity index is 1.43. The Kier molecular flexibility index (Phi) is 6.02. The molecule has 0 spiro atoms. The molecule has 3 rings (SSSR count). The largest absolute Gasteiger partial charge is 0.453 e. The quantitative estimate of drug-likeness (QED) is 0.799. The first-order chi connectivity index (χ1) is 12.1. The van der Waals surface area contributed by atoms with Crippen LogP contribution in [0.1, 0.15) is 50.5 Å². The Morgan fingerprint density at radius 2 is 2.04 bits per heavy atom. The summed E-state index contributed by atoms with van der Waals surface area (Å²) in [6.45, 7) is 1.63. The lowest BCUT2D eigenvalue weighted by Gasteiger charge is -2.24. The van der Waals surface area contributed by atoms with Crippen LogP contribution in [0.2, 0.25) is 0 Å². The van der Waals surface area contributed by atoms with Crippen molar-refractivity contribution < 1.29 is 14.3 Å². The van der Waals surface area contributed by atoms with Gasteiger partial charge in [-0.15, -0.1) is 11.3 Å². The summed E-state index contributed by atoms with van der Waals surface area (Å²) in [6.07, 6.45) is 5.61. The van der Waals surface area contributed by atoms with Gasteiger partial charge in [0.15, 0.2) is 6.10 Å². The molecule has 1 aromatic carbocycles. The van der Waals surface area contributed by atoms with E-state index < -0.39 is 6.10 Å². The number of rotatable bonds is 6. The highest BCUT2D eigenvalue weighted by Crippen LogP contribution is 2.22. The second-order valence-corrected chi connectivity index (χ2v) is 7.67. The molecule has 1 atom stereocenters. The zero-order chi connectivity index (χ0) is 17.6. The molecule has 6 heteroatoms. The summed E-state index contributed by atoms with van der Waals surface area (Å²) in [5.41, 5.74) is 0.955. The maximum atomic E-state index is 12.1. The van der Waals surface area contributed by atoms with Crippen LogP contribution in [0.15, 0.2) is 24.3 Å². The predicted molar refractivity (Wildman–Crippen MR) is 98.5 cm³/mol. The van der Waals surface area contributed by atoms with Gasteiger partial charge < -0.3 is 10.1 Å². The molecule has 1 aliphatic rings. The average molecular weight is 360 g/mol. The minimum absolute atomic E-state index is 0.194. The lowest BCUT2D eigenvalue weighted by molar-refractivity contribution is -0.155. The highest BCUT2D eigenvalue weighted by atomic mass is 32.1. The van der Waals surface area contributed by atoms with Gasteiger partial charge in [-0.05, 0) is 31.9 Å². The molecule has 5 nitrogen and oxygen atoms in total. The summed E-state index contributed by atoms with van der Waals surface area (Å²) in [4.78, 5) is 28.7. The van der Waals surface area contributed by atoms with Crippen LogP contribution in [0.5, 0.6) is 0 Å². The number of nitrogens with one attached hydrogen (secondary N) is 1. The molecule has 1 saturated carbocycles. The monoisotopic (exact) mass is 360 g/mol. The predicted octanol–water partition coefficient (Wildman–Crippen LogP) is 3.61. The summed E-state index contributed by atoms with van der Waals surface area (Å²) in [5, 5.41) is 3.90. The van der Waals surface area contributed by atoms with Crippen LogP contribution in [0.25, 0.3) is 10.2 Å². The number of hydrogen-bond donors (Lipinski definition) is 1. The van der Waals surface area contributed by atoms with Gasteiger partial charge in [-0.3, -0.25) is 9.59 Å². The molecule has 134 valence electrons. The first-order valence-corrected chi connectivity index (χ1v) is 9.78. The van der Waals surface area contributed by atoms with Crippen LogP contribution in [0.4, 0.5) is 0 Å². The number of fused-ring (bicyclic) bond motifs is 1. The summed E-state index contributed by atoms with van der Waals surface area (Å²) in [7, 11) is 0. The van der Waals surface area contributed by atoms with Crippen molar-refractivity contribution in [2.24, 2.45) is 0 Å². The van der Waals surface area contributed by atoms with Gasteiger partial charge in [0, 0.05) is 12.5 Å². The van der Waals surface area contributed by atoms with Gasteiger partial charge in [-0.25, -0.2) is 4.98 Å². The van der Waals surface area contributed by atoms with Crippen molar-refractivity contribution in [1.29, 1.82) is 0 Å². The van der Waals surface area contributed by atoms with E-state index >= 15 is 0 Å². The average Bonchev–Trinajstić information content (AvgIpc) is 3.04. The lowest BCUT2D eigenvalue weighted by atomic mass is 9.95. The Labute approximate surface area is 151 Å². The molecular formula is C19H24N2O3S. The van der Waals surface area contributed by atoms with E-state index in [2.05, 4.69) is 10.3 Å². The van der Waals surface area contributed by atoms with E-state index in [0.717, 1.165) is 40.9 Å². The van der Waals surface area contributed by atoms with Crippen molar-refractivity contribution in [2.45, 2.75) is 64.0 Å². The van der Waals surface area contributed by atoms with Gasteiger partial charge >= 0.3 is 5.97 Å². The summed E-state index contributed by atoms with van der Waals surface area (Å²) in [6, 6.07) is 8.14. The molecular weight excluding hydrogens is 336 g/mol. The van der Waals surface area contributed by atoms with Crippen LogP contribution >= 0.6 is 11.3 Å². The van der Waals surface area contributed by atoms with Crippen LogP contribution in [0, 0.1) is 0 Å². The number of carbonyl (C=O) groups excluding carboxylic acids is 2. The zero-order valence-corrected chi connectivity index (χ0v) is 15.3. The van der Waals surface area contributed by atoms with Gasteiger partial charge in [0.1, 0.15) is 0 Å². The maximum Gasteiger partial charge on any atom is 0.306 e. The Morgan fingerprint density at radius 3 is 2.80 bits per heavy atom. The zero-order valence-electron chi connectivity index (χ0n) is 14.5. The number of hydrogen-bond acceptors (Lipinski definition) is 5. The molecule has 1 heterocycles. The number of aryl methyl sites for hydroxylation is 1.